The molecule has 2 amide bonds. The van der Waals surface area contributed by atoms with Gasteiger partial charge in [0.1, 0.15) is 5.82 Å². The van der Waals surface area contributed by atoms with Gasteiger partial charge in [-0.3, -0.25) is 14.8 Å². The summed E-state index contributed by atoms with van der Waals surface area (Å²) in [6, 6.07) is 3.34. The van der Waals surface area contributed by atoms with Gasteiger partial charge in [0, 0.05) is 12.5 Å². The number of hydrogen-bond donors (Lipinski definition) is 3. The zero-order chi connectivity index (χ0) is 11.4. The first-order valence-electron chi connectivity index (χ1n) is 4.06. The summed E-state index contributed by atoms with van der Waals surface area (Å²) in [6.45, 7) is 1.22. The summed E-state index contributed by atoms with van der Waals surface area (Å²) in [7, 11) is 0. The van der Waals surface area contributed by atoms with E-state index < -0.39 is 17.6 Å². The zero-order valence-corrected chi connectivity index (χ0v) is 7.87. The molecule has 0 spiro atoms. The molecule has 5 nitrogen and oxygen atoms in total. The van der Waals surface area contributed by atoms with Crippen LogP contribution >= 0.6 is 0 Å². The summed E-state index contributed by atoms with van der Waals surface area (Å²) in [5.41, 5.74) is 1.34. The first-order valence-corrected chi connectivity index (χ1v) is 4.06. The van der Waals surface area contributed by atoms with Crippen LogP contribution in [0.3, 0.4) is 0 Å². The molecule has 0 aromatic heterocycles. The molecule has 0 heterocycles. The molecule has 0 saturated heterocycles. The summed E-state index contributed by atoms with van der Waals surface area (Å²) in [6.07, 6.45) is 0. The van der Waals surface area contributed by atoms with Crippen molar-refractivity contribution in [2.75, 3.05) is 5.32 Å². The second-order valence-corrected chi connectivity index (χ2v) is 2.82. The zero-order valence-electron chi connectivity index (χ0n) is 7.87. The predicted molar refractivity (Wildman–Crippen MR) is 50.0 cm³/mol. The lowest BCUT2D eigenvalue weighted by atomic mass is 10.2. The number of amides is 2. The van der Waals surface area contributed by atoms with Crippen LogP contribution in [0.1, 0.15) is 17.3 Å². The van der Waals surface area contributed by atoms with E-state index in [1.165, 1.54) is 18.5 Å². The summed E-state index contributed by atoms with van der Waals surface area (Å²) >= 11 is 0. The van der Waals surface area contributed by atoms with E-state index >= 15 is 0 Å². The standard InChI is InChI=1S/C9H9FN2O3/c1-5(13)11-8-4-6(9(14)12-15)2-3-7(8)10/h2-4,15H,1H3,(H,11,13)(H,12,14). The molecule has 0 bridgehead atoms. The molecule has 0 radical (unpaired) electrons. The van der Waals surface area contributed by atoms with E-state index in [-0.39, 0.29) is 11.3 Å². The fraction of sp³-hybridized carbons (Fsp3) is 0.111. The van der Waals surface area contributed by atoms with Gasteiger partial charge >= 0.3 is 0 Å². The van der Waals surface area contributed by atoms with E-state index in [9.17, 15) is 14.0 Å². The van der Waals surface area contributed by atoms with Gasteiger partial charge in [-0.25, -0.2) is 9.87 Å². The predicted octanol–water partition coefficient (Wildman–Crippen LogP) is 0.903. The number of anilines is 1. The molecule has 1 aromatic carbocycles. The van der Waals surface area contributed by atoms with Crippen molar-refractivity contribution in [2.24, 2.45) is 0 Å². The highest BCUT2D eigenvalue weighted by molar-refractivity contribution is 5.96. The van der Waals surface area contributed by atoms with Crippen molar-refractivity contribution in [3.8, 4) is 0 Å². The fourth-order valence-corrected chi connectivity index (χ4v) is 1.02. The topological polar surface area (TPSA) is 78.4 Å². The van der Waals surface area contributed by atoms with Crippen LogP contribution in [0, 0.1) is 5.82 Å². The van der Waals surface area contributed by atoms with Gasteiger partial charge in [0.25, 0.3) is 5.91 Å². The lowest BCUT2D eigenvalue weighted by molar-refractivity contribution is -0.114. The molecular formula is C9H9FN2O3. The molecule has 0 unspecified atom stereocenters. The van der Waals surface area contributed by atoms with Gasteiger partial charge in [0.15, 0.2) is 0 Å². The maximum atomic E-state index is 13.1. The second kappa shape index (κ2) is 4.52. The SMILES string of the molecule is CC(=O)Nc1cc(C(=O)NO)ccc1F. The largest absolute Gasteiger partial charge is 0.324 e. The van der Waals surface area contributed by atoms with Gasteiger partial charge in [-0.2, -0.15) is 0 Å². The van der Waals surface area contributed by atoms with Crippen molar-refractivity contribution < 1.29 is 19.2 Å². The van der Waals surface area contributed by atoms with Crippen LogP contribution in [0.5, 0.6) is 0 Å². The van der Waals surface area contributed by atoms with E-state index in [2.05, 4.69) is 5.32 Å². The van der Waals surface area contributed by atoms with Crippen LogP contribution in [0.25, 0.3) is 0 Å². The van der Waals surface area contributed by atoms with Gasteiger partial charge in [0.2, 0.25) is 5.91 Å². The van der Waals surface area contributed by atoms with Crippen LogP contribution < -0.4 is 10.8 Å². The normalized spacial score (nSPS) is 9.53. The summed E-state index contributed by atoms with van der Waals surface area (Å²) in [5.74, 6) is -1.88. The number of rotatable bonds is 2. The Bertz CT molecular complexity index is 406. The highest BCUT2D eigenvalue weighted by Crippen LogP contribution is 2.15. The average molecular weight is 212 g/mol. The molecule has 80 valence electrons. The smallest absolute Gasteiger partial charge is 0.274 e. The van der Waals surface area contributed by atoms with Crippen LogP contribution in [0.15, 0.2) is 18.2 Å². The molecule has 0 aliphatic rings. The summed E-state index contributed by atoms with van der Waals surface area (Å²) in [5, 5.41) is 10.6. The number of benzene rings is 1. The third-order valence-corrected chi connectivity index (χ3v) is 1.64. The number of carbonyl (C=O) groups is 2. The molecule has 1 aromatic rings. The van der Waals surface area contributed by atoms with E-state index in [0.29, 0.717) is 0 Å². The Kier molecular flexibility index (Phi) is 3.35. The van der Waals surface area contributed by atoms with Crippen molar-refractivity contribution in [1.29, 1.82) is 0 Å². The number of halogens is 1. The van der Waals surface area contributed by atoms with Crippen molar-refractivity contribution in [3.05, 3.63) is 29.6 Å². The quantitative estimate of drug-likeness (QED) is 0.503. The highest BCUT2D eigenvalue weighted by Gasteiger charge is 2.09. The minimum atomic E-state index is -0.776. The Hall–Kier alpha value is -1.95. The second-order valence-electron chi connectivity index (χ2n) is 2.82. The van der Waals surface area contributed by atoms with Crippen LogP contribution in [0.2, 0.25) is 0 Å². The minimum Gasteiger partial charge on any atom is -0.324 e. The molecule has 0 aliphatic carbocycles. The van der Waals surface area contributed by atoms with E-state index in [1.54, 1.807) is 0 Å². The van der Waals surface area contributed by atoms with Gasteiger partial charge < -0.3 is 5.32 Å². The lowest BCUT2D eigenvalue weighted by Crippen LogP contribution is -2.19. The van der Waals surface area contributed by atoms with Gasteiger partial charge in [-0.05, 0) is 18.2 Å². The lowest BCUT2D eigenvalue weighted by Gasteiger charge is -2.05. The molecule has 6 heteroatoms. The first-order chi connectivity index (χ1) is 7.04. The number of hydroxylamine groups is 1. The molecule has 0 saturated carbocycles. The fourth-order valence-electron chi connectivity index (χ4n) is 1.02. The van der Waals surface area contributed by atoms with E-state index in [1.807, 2.05) is 0 Å². The third kappa shape index (κ3) is 2.75. The Labute approximate surface area is 84.9 Å². The van der Waals surface area contributed by atoms with E-state index in [4.69, 9.17) is 5.21 Å². The van der Waals surface area contributed by atoms with Crippen molar-refractivity contribution in [3.63, 3.8) is 0 Å². The van der Waals surface area contributed by atoms with Gasteiger partial charge in [-0.1, -0.05) is 0 Å². The molecule has 0 aliphatic heterocycles. The number of carbonyl (C=O) groups excluding carboxylic acids is 2. The molecule has 0 fully saturated rings. The Morgan fingerprint density at radius 2 is 2.07 bits per heavy atom. The van der Waals surface area contributed by atoms with Crippen LogP contribution in [-0.4, -0.2) is 17.0 Å². The van der Waals surface area contributed by atoms with Gasteiger partial charge in [-0.15, -0.1) is 0 Å². The monoisotopic (exact) mass is 212 g/mol. The van der Waals surface area contributed by atoms with E-state index in [0.717, 1.165) is 12.1 Å². The van der Waals surface area contributed by atoms with Crippen LogP contribution in [0.4, 0.5) is 10.1 Å². The maximum Gasteiger partial charge on any atom is 0.274 e. The van der Waals surface area contributed by atoms with Crippen molar-refractivity contribution in [2.45, 2.75) is 6.92 Å². The Morgan fingerprint density at radius 3 is 2.60 bits per heavy atom. The average Bonchev–Trinajstić information content (AvgIpc) is 2.19. The highest BCUT2D eigenvalue weighted by atomic mass is 19.1. The summed E-state index contributed by atoms with van der Waals surface area (Å²) in [4.78, 5) is 21.7. The Morgan fingerprint density at radius 1 is 1.40 bits per heavy atom. The molecular weight excluding hydrogens is 203 g/mol. The minimum absolute atomic E-state index is 0.0441. The number of hydrogen-bond acceptors (Lipinski definition) is 3. The number of nitrogens with one attached hydrogen (secondary N) is 2. The molecule has 15 heavy (non-hydrogen) atoms. The maximum absolute atomic E-state index is 13.1. The molecule has 1 rings (SSSR count). The molecule has 0 atom stereocenters. The first kappa shape index (κ1) is 11.1. The Balaban J connectivity index is 3.05. The van der Waals surface area contributed by atoms with Crippen LogP contribution in [-0.2, 0) is 4.79 Å². The summed E-state index contributed by atoms with van der Waals surface area (Å²) < 4.78 is 13.1. The van der Waals surface area contributed by atoms with Crippen molar-refractivity contribution >= 4 is 17.5 Å². The third-order valence-electron chi connectivity index (χ3n) is 1.64. The van der Waals surface area contributed by atoms with Gasteiger partial charge in [0.05, 0.1) is 5.69 Å². The van der Waals surface area contributed by atoms with Crippen molar-refractivity contribution in [1.82, 2.24) is 5.48 Å². The molecule has 3 N–H and O–H groups in total.